The lowest BCUT2D eigenvalue weighted by atomic mass is 9.88. The molecule has 2 rings (SSSR count). The minimum Gasteiger partial charge on any atom is -0.491 e. The van der Waals surface area contributed by atoms with E-state index in [2.05, 4.69) is 12.1 Å². The van der Waals surface area contributed by atoms with Gasteiger partial charge in [-0.1, -0.05) is 24.9 Å². The molecule has 0 aromatic heterocycles. The highest BCUT2D eigenvalue weighted by Crippen LogP contribution is 2.26. The van der Waals surface area contributed by atoms with E-state index in [1.165, 1.54) is 19.3 Å². The van der Waals surface area contributed by atoms with Gasteiger partial charge in [0.05, 0.1) is 12.7 Å². The monoisotopic (exact) mass is 292 g/mol. The maximum atomic E-state index is 8.59. The molecule has 0 bridgehead atoms. The van der Waals surface area contributed by atoms with Crippen molar-refractivity contribution in [3.8, 4) is 5.75 Å². The van der Waals surface area contributed by atoms with Gasteiger partial charge in [0.2, 0.25) is 0 Å². The lowest BCUT2D eigenvalue weighted by molar-refractivity contribution is -0.0165. The molecule has 1 aromatic rings. The zero-order valence-corrected chi connectivity index (χ0v) is 12.5. The Morgan fingerprint density at radius 2 is 1.95 bits per heavy atom. The fourth-order valence-corrected chi connectivity index (χ4v) is 2.67. The summed E-state index contributed by atoms with van der Waals surface area (Å²) in [4.78, 5) is 0. The van der Waals surface area contributed by atoms with Crippen LogP contribution in [0.5, 0.6) is 5.75 Å². The highest BCUT2D eigenvalue weighted by molar-refractivity contribution is 5.97. The molecule has 0 amide bonds. The van der Waals surface area contributed by atoms with Gasteiger partial charge in [0.1, 0.15) is 12.4 Å². The summed E-state index contributed by atoms with van der Waals surface area (Å²) in [5.74, 6) is 1.50. The minimum absolute atomic E-state index is 0.0937. The average molecular weight is 292 g/mol. The molecule has 0 heterocycles. The molecule has 1 aliphatic carbocycles. The maximum absolute atomic E-state index is 8.59. The predicted octanol–water partition coefficient (Wildman–Crippen LogP) is 2.76. The quantitative estimate of drug-likeness (QED) is 0.278. The van der Waals surface area contributed by atoms with Crippen molar-refractivity contribution in [2.75, 3.05) is 13.2 Å². The minimum atomic E-state index is 0.0937. The molecule has 0 radical (unpaired) electrons. The van der Waals surface area contributed by atoms with Crippen molar-refractivity contribution < 1.29 is 14.7 Å². The molecule has 21 heavy (non-hydrogen) atoms. The molecule has 5 nitrogen and oxygen atoms in total. The van der Waals surface area contributed by atoms with Gasteiger partial charge < -0.3 is 20.4 Å². The summed E-state index contributed by atoms with van der Waals surface area (Å²) in [6, 6.07) is 7.12. The Kier molecular flexibility index (Phi) is 5.87. The summed E-state index contributed by atoms with van der Waals surface area (Å²) in [5, 5.41) is 11.5. The number of amidine groups is 1. The Bertz CT molecular complexity index is 459. The normalized spacial score (nSPS) is 23.0. The number of benzene rings is 1. The third kappa shape index (κ3) is 4.63. The lowest BCUT2D eigenvalue weighted by Gasteiger charge is -2.28. The van der Waals surface area contributed by atoms with Crippen LogP contribution in [0.15, 0.2) is 29.4 Å². The summed E-state index contributed by atoms with van der Waals surface area (Å²) in [7, 11) is 0. The summed E-state index contributed by atoms with van der Waals surface area (Å²) >= 11 is 0. The molecule has 1 fully saturated rings. The van der Waals surface area contributed by atoms with Crippen LogP contribution in [-0.2, 0) is 4.74 Å². The van der Waals surface area contributed by atoms with Crippen molar-refractivity contribution in [3.05, 3.63) is 29.8 Å². The molecule has 0 saturated heterocycles. The molecule has 0 aliphatic heterocycles. The second-order valence-electron chi connectivity index (χ2n) is 5.53. The first-order chi connectivity index (χ1) is 10.2. The molecular weight excluding hydrogens is 268 g/mol. The fourth-order valence-electron chi connectivity index (χ4n) is 2.67. The van der Waals surface area contributed by atoms with E-state index in [4.69, 9.17) is 20.4 Å². The second kappa shape index (κ2) is 7.88. The topological polar surface area (TPSA) is 77.1 Å². The molecule has 2 atom stereocenters. The smallest absolute Gasteiger partial charge is 0.170 e. The highest BCUT2D eigenvalue weighted by Gasteiger charge is 2.21. The molecule has 5 heteroatoms. The fraction of sp³-hybridized carbons (Fsp3) is 0.562. The number of rotatable bonds is 6. The Labute approximate surface area is 125 Å². The van der Waals surface area contributed by atoms with E-state index in [0.717, 1.165) is 12.2 Å². The lowest BCUT2D eigenvalue weighted by Crippen LogP contribution is -2.27. The van der Waals surface area contributed by atoms with Gasteiger partial charge in [-0.05, 0) is 43.0 Å². The third-order valence-corrected chi connectivity index (χ3v) is 3.97. The molecule has 3 N–H and O–H groups in total. The first-order valence-corrected chi connectivity index (χ1v) is 7.53. The zero-order valence-electron chi connectivity index (χ0n) is 12.5. The van der Waals surface area contributed by atoms with Crippen molar-refractivity contribution >= 4 is 5.84 Å². The van der Waals surface area contributed by atoms with Crippen LogP contribution in [0.2, 0.25) is 0 Å². The van der Waals surface area contributed by atoms with Crippen LogP contribution in [0.3, 0.4) is 0 Å². The molecule has 116 valence electrons. The van der Waals surface area contributed by atoms with Gasteiger partial charge >= 0.3 is 0 Å². The summed E-state index contributed by atoms with van der Waals surface area (Å²) in [5.41, 5.74) is 6.16. The van der Waals surface area contributed by atoms with E-state index in [-0.39, 0.29) is 5.84 Å². The summed E-state index contributed by atoms with van der Waals surface area (Å²) in [6.45, 7) is 3.40. The van der Waals surface area contributed by atoms with Crippen molar-refractivity contribution in [2.45, 2.75) is 38.7 Å². The van der Waals surface area contributed by atoms with Gasteiger partial charge in [0.15, 0.2) is 5.84 Å². The average Bonchev–Trinajstić information content (AvgIpc) is 2.53. The van der Waals surface area contributed by atoms with E-state index in [1.54, 1.807) is 24.3 Å². The van der Waals surface area contributed by atoms with E-state index < -0.39 is 0 Å². The number of oxime groups is 1. The van der Waals surface area contributed by atoms with Crippen molar-refractivity contribution in [1.82, 2.24) is 0 Å². The van der Waals surface area contributed by atoms with E-state index in [9.17, 15) is 0 Å². The zero-order chi connectivity index (χ0) is 15.1. The van der Waals surface area contributed by atoms with E-state index in [1.807, 2.05) is 0 Å². The highest BCUT2D eigenvalue weighted by atomic mass is 16.5. The summed E-state index contributed by atoms with van der Waals surface area (Å²) < 4.78 is 11.5. The van der Waals surface area contributed by atoms with Crippen LogP contribution < -0.4 is 10.5 Å². The number of hydrogen-bond donors (Lipinski definition) is 2. The standard InChI is InChI=1S/C16H24N2O3/c1-12-4-2-3-5-15(12)21-11-10-20-14-8-6-13(7-9-14)16(17)18-19/h6-9,12,15,19H,2-5,10-11H2,1H3,(H2,17,18). The first-order valence-electron chi connectivity index (χ1n) is 7.53. The van der Waals surface area contributed by atoms with Gasteiger partial charge in [-0.3, -0.25) is 0 Å². The van der Waals surface area contributed by atoms with Crippen molar-refractivity contribution in [3.63, 3.8) is 0 Å². The van der Waals surface area contributed by atoms with Crippen molar-refractivity contribution in [2.24, 2.45) is 16.8 Å². The third-order valence-electron chi connectivity index (χ3n) is 3.97. The van der Waals surface area contributed by atoms with E-state index >= 15 is 0 Å². The number of nitrogens with two attached hydrogens (primary N) is 1. The number of nitrogens with zero attached hydrogens (tertiary/aromatic N) is 1. The van der Waals surface area contributed by atoms with Crippen LogP contribution in [0.4, 0.5) is 0 Å². The molecule has 1 aromatic carbocycles. The van der Waals surface area contributed by atoms with Gasteiger partial charge in [-0.2, -0.15) is 0 Å². The van der Waals surface area contributed by atoms with Crippen LogP contribution in [0, 0.1) is 5.92 Å². The van der Waals surface area contributed by atoms with Crippen LogP contribution in [0.25, 0.3) is 0 Å². The Morgan fingerprint density at radius 3 is 2.62 bits per heavy atom. The molecule has 2 unspecified atom stereocenters. The summed E-state index contributed by atoms with van der Waals surface area (Å²) in [6.07, 6.45) is 5.40. The largest absolute Gasteiger partial charge is 0.491 e. The van der Waals surface area contributed by atoms with Crippen LogP contribution in [0.1, 0.15) is 38.2 Å². The van der Waals surface area contributed by atoms with E-state index in [0.29, 0.717) is 30.8 Å². The van der Waals surface area contributed by atoms with Gasteiger partial charge in [0.25, 0.3) is 0 Å². The second-order valence-corrected chi connectivity index (χ2v) is 5.53. The Hall–Kier alpha value is -1.75. The Balaban J connectivity index is 1.71. The molecule has 1 aliphatic rings. The maximum Gasteiger partial charge on any atom is 0.170 e. The predicted molar refractivity (Wildman–Crippen MR) is 81.8 cm³/mol. The molecular formula is C16H24N2O3. The number of hydrogen-bond acceptors (Lipinski definition) is 4. The van der Waals surface area contributed by atoms with Gasteiger partial charge in [-0.15, -0.1) is 0 Å². The van der Waals surface area contributed by atoms with Gasteiger partial charge in [-0.25, -0.2) is 0 Å². The number of ether oxygens (including phenoxy) is 2. The Morgan fingerprint density at radius 1 is 1.24 bits per heavy atom. The SMILES string of the molecule is CC1CCCCC1OCCOc1ccc(C(N)=NO)cc1. The van der Waals surface area contributed by atoms with Gasteiger partial charge in [0, 0.05) is 5.56 Å². The molecule has 1 saturated carbocycles. The van der Waals surface area contributed by atoms with Crippen molar-refractivity contribution in [1.29, 1.82) is 0 Å². The first kappa shape index (κ1) is 15.6. The van der Waals surface area contributed by atoms with Crippen LogP contribution in [-0.4, -0.2) is 30.4 Å². The van der Waals surface area contributed by atoms with Crippen LogP contribution >= 0.6 is 0 Å². The molecule has 0 spiro atoms.